The molecule has 54 heavy (non-hydrogen) atoms. The molecular weight excluding hydrogens is 673 g/mol. The van der Waals surface area contributed by atoms with Gasteiger partial charge in [0.25, 0.3) is 0 Å². The first-order valence-corrected chi connectivity index (χ1v) is 23.6. The predicted octanol–water partition coefficient (Wildman–Crippen LogP) is 14.8. The van der Waals surface area contributed by atoms with Crippen molar-refractivity contribution in [2.45, 2.75) is 260 Å². The second-order valence-corrected chi connectivity index (χ2v) is 17.6. The van der Waals surface area contributed by atoms with Gasteiger partial charge in [0.15, 0.2) is 6.10 Å². The number of esters is 3. The van der Waals surface area contributed by atoms with Crippen LogP contribution in [0.15, 0.2) is 0 Å². The molecule has 0 aliphatic rings. The van der Waals surface area contributed by atoms with Crippen LogP contribution in [0.25, 0.3) is 0 Å². The van der Waals surface area contributed by atoms with Crippen LogP contribution >= 0.6 is 0 Å². The minimum atomic E-state index is -0.762. The van der Waals surface area contributed by atoms with Crippen LogP contribution in [-0.4, -0.2) is 37.2 Å². The van der Waals surface area contributed by atoms with Gasteiger partial charge in [-0.1, -0.05) is 215 Å². The van der Waals surface area contributed by atoms with E-state index >= 15 is 0 Å². The molecule has 0 heterocycles. The van der Waals surface area contributed by atoms with Crippen molar-refractivity contribution >= 4 is 17.9 Å². The zero-order valence-electron chi connectivity index (χ0n) is 37.0. The van der Waals surface area contributed by atoms with E-state index in [4.69, 9.17) is 14.2 Å². The van der Waals surface area contributed by atoms with Crippen LogP contribution in [-0.2, 0) is 28.6 Å². The predicted molar refractivity (Wildman–Crippen MR) is 229 cm³/mol. The van der Waals surface area contributed by atoms with Gasteiger partial charge in [-0.25, -0.2) is 0 Å². The van der Waals surface area contributed by atoms with Crippen LogP contribution in [0.2, 0.25) is 0 Å². The summed E-state index contributed by atoms with van der Waals surface area (Å²) < 4.78 is 16.7. The van der Waals surface area contributed by atoms with Gasteiger partial charge in [0.2, 0.25) is 0 Å². The molecular formula is C48H92O6. The fourth-order valence-corrected chi connectivity index (χ4v) is 7.02. The molecule has 0 aromatic rings. The Balaban J connectivity index is 4.29. The number of carbonyl (C=O) groups excluding carboxylic acids is 3. The molecule has 0 rings (SSSR count). The third-order valence-corrected chi connectivity index (χ3v) is 11.0. The summed E-state index contributed by atoms with van der Waals surface area (Å²) in [5.41, 5.74) is 0. The molecule has 0 radical (unpaired) electrons. The SMILES string of the molecule is CCC(C)CCCCCCCCC(=O)O[C@H](COC(=O)CCCCCCCCCCCCCCCC(C)C)COC(=O)CCCCCCCCCC(C)C. The molecule has 2 atom stereocenters. The summed E-state index contributed by atoms with van der Waals surface area (Å²) in [6.07, 6.45) is 36.7. The van der Waals surface area contributed by atoms with E-state index in [0.29, 0.717) is 19.3 Å². The van der Waals surface area contributed by atoms with Gasteiger partial charge in [-0.05, 0) is 37.0 Å². The number of rotatable bonds is 41. The van der Waals surface area contributed by atoms with E-state index in [-0.39, 0.29) is 31.1 Å². The monoisotopic (exact) mass is 765 g/mol. The highest BCUT2D eigenvalue weighted by atomic mass is 16.6. The summed E-state index contributed by atoms with van der Waals surface area (Å²) in [6.45, 7) is 13.6. The maximum atomic E-state index is 12.7. The Morgan fingerprint density at radius 1 is 0.370 bits per heavy atom. The summed E-state index contributed by atoms with van der Waals surface area (Å²) in [4.78, 5) is 37.7. The normalized spacial score (nSPS) is 12.7. The van der Waals surface area contributed by atoms with Gasteiger partial charge in [-0.15, -0.1) is 0 Å². The average Bonchev–Trinajstić information content (AvgIpc) is 3.14. The highest BCUT2D eigenvalue weighted by Gasteiger charge is 2.19. The summed E-state index contributed by atoms with van der Waals surface area (Å²) >= 11 is 0. The van der Waals surface area contributed by atoms with Crippen LogP contribution < -0.4 is 0 Å². The molecule has 0 aromatic carbocycles. The third kappa shape index (κ3) is 40.1. The lowest BCUT2D eigenvalue weighted by Gasteiger charge is -2.18. The van der Waals surface area contributed by atoms with Crippen molar-refractivity contribution in [3.8, 4) is 0 Å². The van der Waals surface area contributed by atoms with E-state index in [0.717, 1.165) is 75.5 Å². The van der Waals surface area contributed by atoms with E-state index in [9.17, 15) is 14.4 Å². The minimum Gasteiger partial charge on any atom is -0.462 e. The lowest BCUT2D eigenvalue weighted by atomic mass is 10.00. The van der Waals surface area contributed by atoms with Crippen molar-refractivity contribution in [3.05, 3.63) is 0 Å². The fourth-order valence-electron chi connectivity index (χ4n) is 7.02. The molecule has 1 unspecified atom stereocenters. The van der Waals surface area contributed by atoms with Gasteiger partial charge in [0, 0.05) is 19.3 Å². The quantitative estimate of drug-likeness (QED) is 0.0350. The van der Waals surface area contributed by atoms with E-state index < -0.39 is 6.10 Å². The Morgan fingerprint density at radius 2 is 0.648 bits per heavy atom. The molecule has 0 saturated heterocycles. The van der Waals surface area contributed by atoms with Crippen LogP contribution in [0.4, 0.5) is 0 Å². The summed E-state index contributed by atoms with van der Waals surface area (Å²) in [6, 6.07) is 0. The molecule has 320 valence electrons. The van der Waals surface area contributed by atoms with Crippen LogP contribution in [0, 0.1) is 17.8 Å². The molecule has 0 spiro atoms. The second kappa shape index (κ2) is 39.6. The van der Waals surface area contributed by atoms with E-state index in [2.05, 4.69) is 41.5 Å². The fraction of sp³-hybridized carbons (Fsp3) is 0.938. The molecule has 0 fully saturated rings. The van der Waals surface area contributed by atoms with Crippen molar-refractivity contribution in [2.75, 3.05) is 13.2 Å². The Morgan fingerprint density at radius 3 is 0.963 bits per heavy atom. The van der Waals surface area contributed by atoms with Crippen LogP contribution in [0.1, 0.15) is 253 Å². The number of unbranched alkanes of at least 4 members (excludes halogenated alkanes) is 23. The Kier molecular flexibility index (Phi) is 38.5. The van der Waals surface area contributed by atoms with Gasteiger partial charge in [0.1, 0.15) is 13.2 Å². The van der Waals surface area contributed by atoms with Crippen molar-refractivity contribution in [1.82, 2.24) is 0 Å². The van der Waals surface area contributed by atoms with Crippen LogP contribution in [0.5, 0.6) is 0 Å². The number of hydrogen-bond acceptors (Lipinski definition) is 6. The van der Waals surface area contributed by atoms with Crippen LogP contribution in [0.3, 0.4) is 0 Å². The largest absolute Gasteiger partial charge is 0.462 e. The van der Waals surface area contributed by atoms with Gasteiger partial charge < -0.3 is 14.2 Å². The second-order valence-electron chi connectivity index (χ2n) is 17.6. The zero-order valence-corrected chi connectivity index (χ0v) is 37.0. The number of hydrogen-bond donors (Lipinski definition) is 0. The van der Waals surface area contributed by atoms with Crippen molar-refractivity contribution in [1.29, 1.82) is 0 Å². The first-order chi connectivity index (χ1) is 26.1. The van der Waals surface area contributed by atoms with Gasteiger partial charge in [0.05, 0.1) is 0 Å². The highest BCUT2D eigenvalue weighted by molar-refractivity contribution is 5.71. The van der Waals surface area contributed by atoms with E-state index in [1.54, 1.807) is 0 Å². The maximum Gasteiger partial charge on any atom is 0.306 e. The molecule has 0 aliphatic heterocycles. The molecule has 6 heteroatoms. The van der Waals surface area contributed by atoms with E-state index in [1.807, 2.05) is 0 Å². The molecule has 0 amide bonds. The van der Waals surface area contributed by atoms with Crippen molar-refractivity contribution in [2.24, 2.45) is 17.8 Å². The van der Waals surface area contributed by atoms with Gasteiger partial charge >= 0.3 is 17.9 Å². The Bertz CT molecular complexity index is 839. The number of carbonyl (C=O) groups is 3. The van der Waals surface area contributed by atoms with Crippen molar-refractivity contribution in [3.63, 3.8) is 0 Å². The molecule has 6 nitrogen and oxygen atoms in total. The number of ether oxygens (including phenoxy) is 3. The molecule has 0 saturated carbocycles. The standard InChI is InChI=1S/C48H92O6/c1-7-44(6)36-30-24-20-21-27-33-39-48(51)54-45(41-53-47(50)38-32-26-19-15-17-23-29-35-43(4)5)40-52-46(49)37-31-25-18-14-12-10-8-9-11-13-16-22-28-34-42(2)3/h42-45H,7-41H2,1-6H3/t44?,45-/m1/s1. The highest BCUT2D eigenvalue weighted by Crippen LogP contribution is 2.17. The molecule has 0 bridgehead atoms. The lowest BCUT2D eigenvalue weighted by molar-refractivity contribution is -0.167. The lowest BCUT2D eigenvalue weighted by Crippen LogP contribution is -2.30. The summed E-state index contributed by atoms with van der Waals surface area (Å²) in [5, 5.41) is 0. The smallest absolute Gasteiger partial charge is 0.306 e. The maximum absolute atomic E-state index is 12.7. The minimum absolute atomic E-state index is 0.0667. The summed E-state index contributed by atoms with van der Waals surface area (Å²) in [7, 11) is 0. The first kappa shape index (κ1) is 52.4. The Hall–Kier alpha value is -1.59. The van der Waals surface area contributed by atoms with Gasteiger partial charge in [-0.2, -0.15) is 0 Å². The third-order valence-electron chi connectivity index (χ3n) is 11.0. The molecule has 0 aromatic heterocycles. The molecule has 0 aliphatic carbocycles. The summed E-state index contributed by atoms with van der Waals surface area (Å²) in [5.74, 6) is 1.57. The zero-order chi connectivity index (χ0) is 39.9. The van der Waals surface area contributed by atoms with Crippen molar-refractivity contribution < 1.29 is 28.6 Å². The van der Waals surface area contributed by atoms with Gasteiger partial charge in [-0.3, -0.25) is 14.4 Å². The average molecular weight is 765 g/mol. The Labute approximate surface area is 336 Å². The topological polar surface area (TPSA) is 78.9 Å². The van der Waals surface area contributed by atoms with E-state index in [1.165, 1.54) is 135 Å². The molecule has 0 N–H and O–H groups in total. The first-order valence-electron chi connectivity index (χ1n) is 23.6.